The molecule has 7 nitrogen and oxygen atoms in total. The summed E-state index contributed by atoms with van der Waals surface area (Å²) in [7, 11) is 1.32. The second-order valence-electron chi connectivity index (χ2n) is 6.51. The molecule has 0 bridgehead atoms. The summed E-state index contributed by atoms with van der Waals surface area (Å²) in [4.78, 5) is 31.0. The Morgan fingerprint density at radius 3 is 2.82 bits per heavy atom. The van der Waals surface area contributed by atoms with E-state index in [0.29, 0.717) is 11.5 Å². The lowest BCUT2D eigenvalue weighted by atomic mass is 10.1. The molecule has 0 amide bonds. The minimum Gasteiger partial charge on any atom is -0.477 e. The van der Waals surface area contributed by atoms with E-state index in [9.17, 15) is 9.59 Å². The summed E-state index contributed by atoms with van der Waals surface area (Å²) in [5.41, 5.74) is 3.56. The minimum absolute atomic E-state index is 0.196. The van der Waals surface area contributed by atoms with E-state index in [1.54, 1.807) is 18.2 Å². The van der Waals surface area contributed by atoms with Crippen LogP contribution < -0.4 is 0 Å². The summed E-state index contributed by atoms with van der Waals surface area (Å²) in [6.45, 7) is 3.32. The number of fused-ring (bicyclic) bond motifs is 3. The van der Waals surface area contributed by atoms with Crippen molar-refractivity contribution in [2.75, 3.05) is 7.11 Å². The van der Waals surface area contributed by atoms with E-state index in [1.807, 2.05) is 19.1 Å². The first-order valence-corrected chi connectivity index (χ1v) is 8.70. The van der Waals surface area contributed by atoms with Crippen molar-refractivity contribution in [2.45, 2.75) is 20.0 Å². The van der Waals surface area contributed by atoms with Gasteiger partial charge in [0.25, 0.3) is 0 Å². The smallest absolute Gasteiger partial charge is 0.356 e. The van der Waals surface area contributed by atoms with Gasteiger partial charge in [0, 0.05) is 23.2 Å². The number of aryl methyl sites for hydroxylation is 1. The largest absolute Gasteiger partial charge is 0.477 e. The topological polar surface area (TPSA) is 90.5 Å². The fourth-order valence-electron chi connectivity index (χ4n) is 3.21. The van der Waals surface area contributed by atoms with Gasteiger partial charge >= 0.3 is 11.9 Å². The number of benzene rings is 1. The molecule has 1 aliphatic rings. The van der Waals surface area contributed by atoms with Crippen molar-refractivity contribution < 1.29 is 23.8 Å². The molecular weight excluding hydrogens is 360 g/mol. The summed E-state index contributed by atoms with van der Waals surface area (Å²) >= 11 is 0. The van der Waals surface area contributed by atoms with Gasteiger partial charge < -0.3 is 19.2 Å². The molecule has 0 spiro atoms. The third-order valence-electron chi connectivity index (χ3n) is 4.48. The number of carbonyl (C=O) groups excluding carboxylic acids is 2. The predicted octanol–water partition coefficient (Wildman–Crippen LogP) is 3.84. The summed E-state index contributed by atoms with van der Waals surface area (Å²) < 4.78 is 15.6. The average Bonchev–Trinajstić information content (AvgIpc) is 3.29. The number of nitrogens with one attached hydrogen (secondary N) is 1. The number of aromatic amines is 1. The number of pyridine rings is 1. The maximum Gasteiger partial charge on any atom is 0.356 e. The predicted molar refractivity (Wildman–Crippen MR) is 102 cm³/mol. The molecule has 0 aliphatic carbocycles. The molecule has 3 heterocycles. The van der Waals surface area contributed by atoms with E-state index in [0.717, 1.165) is 27.4 Å². The zero-order valence-corrected chi connectivity index (χ0v) is 15.6. The fraction of sp³-hybridized carbons (Fsp3) is 0.190. The molecule has 28 heavy (non-hydrogen) atoms. The molecule has 3 aromatic rings. The van der Waals surface area contributed by atoms with E-state index in [4.69, 9.17) is 14.2 Å². The quantitative estimate of drug-likeness (QED) is 0.550. The number of rotatable bonds is 3. The summed E-state index contributed by atoms with van der Waals surface area (Å²) in [5.74, 6) is -0.569. The molecule has 1 unspecified atom stereocenters. The van der Waals surface area contributed by atoms with Crippen LogP contribution in [-0.2, 0) is 19.0 Å². The number of methoxy groups -OCH3 is 1. The third kappa shape index (κ3) is 3.11. The van der Waals surface area contributed by atoms with Crippen LogP contribution in [0.4, 0.5) is 0 Å². The Balaban J connectivity index is 1.86. The molecule has 142 valence electrons. The van der Waals surface area contributed by atoms with Gasteiger partial charge in [0.05, 0.1) is 12.6 Å². The number of aromatic nitrogens is 2. The van der Waals surface area contributed by atoms with Crippen LogP contribution in [0.1, 0.15) is 34.8 Å². The lowest BCUT2D eigenvalue weighted by molar-refractivity contribution is -0.135. The second kappa shape index (κ2) is 6.84. The van der Waals surface area contributed by atoms with E-state index in [-0.39, 0.29) is 5.69 Å². The monoisotopic (exact) mass is 378 g/mol. The Bertz CT molecular complexity index is 1170. The van der Waals surface area contributed by atoms with E-state index in [1.165, 1.54) is 20.3 Å². The van der Waals surface area contributed by atoms with Gasteiger partial charge in [0.1, 0.15) is 17.6 Å². The number of nitrogens with zero attached hydrogens (tertiary/aromatic N) is 1. The first-order chi connectivity index (χ1) is 13.5. The van der Waals surface area contributed by atoms with Crippen LogP contribution in [-0.4, -0.2) is 29.0 Å². The highest BCUT2D eigenvalue weighted by Crippen LogP contribution is 2.35. The lowest BCUT2D eigenvalue weighted by Crippen LogP contribution is -2.09. The molecule has 7 heteroatoms. The number of ether oxygens (including phenoxy) is 3. The summed E-state index contributed by atoms with van der Waals surface area (Å²) in [5, 5.41) is 1.85. The third-order valence-corrected chi connectivity index (χ3v) is 4.48. The van der Waals surface area contributed by atoms with Crippen LogP contribution in [0.2, 0.25) is 0 Å². The normalized spacial score (nSPS) is 17.2. The average molecular weight is 378 g/mol. The van der Waals surface area contributed by atoms with E-state index < -0.39 is 18.0 Å². The maximum absolute atomic E-state index is 12.2. The molecule has 1 aliphatic heterocycles. The highest BCUT2D eigenvalue weighted by atomic mass is 16.5. The van der Waals surface area contributed by atoms with Gasteiger partial charge in [-0.2, -0.15) is 0 Å². The Hall–Kier alpha value is -3.61. The summed E-state index contributed by atoms with van der Waals surface area (Å²) in [6, 6.07) is 7.77. The van der Waals surface area contributed by atoms with Crippen LogP contribution in [0.25, 0.3) is 21.8 Å². The second-order valence-corrected chi connectivity index (χ2v) is 6.51. The number of carbonyl (C=O) groups is 2. The zero-order chi connectivity index (χ0) is 19.8. The highest BCUT2D eigenvalue weighted by Gasteiger charge is 2.25. The molecule has 1 N–H and O–H groups in total. The molecule has 0 saturated heterocycles. The fourth-order valence-corrected chi connectivity index (χ4v) is 3.21. The van der Waals surface area contributed by atoms with Crippen molar-refractivity contribution in [1.29, 1.82) is 0 Å². The molecule has 0 saturated carbocycles. The van der Waals surface area contributed by atoms with Gasteiger partial charge in [-0.15, -0.1) is 0 Å². The number of allylic oxidation sites excluding steroid dienone is 1. The van der Waals surface area contributed by atoms with Gasteiger partial charge in [-0.25, -0.2) is 9.78 Å². The van der Waals surface area contributed by atoms with Crippen LogP contribution in [0.5, 0.6) is 0 Å². The zero-order valence-electron chi connectivity index (χ0n) is 15.6. The Morgan fingerprint density at radius 1 is 1.25 bits per heavy atom. The first kappa shape index (κ1) is 17.8. The number of H-pyrrole nitrogens is 1. The van der Waals surface area contributed by atoms with Gasteiger partial charge in [-0.1, -0.05) is 11.6 Å². The maximum atomic E-state index is 12.2. The van der Waals surface area contributed by atoms with Crippen molar-refractivity contribution in [3.05, 3.63) is 65.4 Å². The van der Waals surface area contributed by atoms with Crippen LogP contribution in [0, 0.1) is 6.92 Å². The number of hydrogen-bond acceptors (Lipinski definition) is 6. The lowest BCUT2D eigenvalue weighted by Gasteiger charge is -2.12. The molecule has 2 aromatic heterocycles. The molecule has 1 aromatic carbocycles. The first-order valence-electron chi connectivity index (χ1n) is 8.70. The van der Waals surface area contributed by atoms with E-state index in [2.05, 4.69) is 16.0 Å². The van der Waals surface area contributed by atoms with Crippen LogP contribution >= 0.6 is 0 Å². The Kier molecular flexibility index (Phi) is 4.35. The van der Waals surface area contributed by atoms with Crippen LogP contribution in [0.15, 0.2) is 48.4 Å². The van der Waals surface area contributed by atoms with Crippen molar-refractivity contribution in [2.24, 2.45) is 0 Å². The van der Waals surface area contributed by atoms with Crippen molar-refractivity contribution in [1.82, 2.24) is 9.97 Å². The number of esters is 2. The standard InChI is InChI=1S/C21H18N2O5/c1-11-4-6-16-14(8-11)15-9-17(21(25)26-3)23-20(19(15)22-16)18-7-5-13(28-18)10-27-12(2)24/h4-10,18,22H,1-3H3. The van der Waals surface area contributed by atoms with Gasteiger partial charge in [0.15, 0.2) is 11.9 Å². The molecule has 4 rings (SSSR count). The highest BCUT2D eigenvalue weighted by molar-refractivity contribution is 6.10. The Morgan fingerprint density at radius 2 is 2.07 bits per heavy atom. The SMILES string of the molecule is COC(=O)c1cc2c([nH]c3ccc(C)cc32)c(C2C=CC(=COC(C)=O)O2)n1. The molecular formula is C21H18N2O5. The van der Waals surface area contributed by atoms with Crippen molar-refractivity contribution in [3.63, 3.8) is 0 Å². The van der Waals surface area contributed by atoms with Crippen molar-refractivity contribution in [3.8, 4) is 0 Å². The van der Waals surface area contributed by atoms with Crippen molar-refractivity contribution >= 4 is 33.7 Å². The Labute approximate surface area is 160 Å². The van der Waals surface area contributed by atoms with Gasteiger partial charge in [-0.05, 0) is 37.3 Å². The van der Waals surface area contributed by atoms with Crippen LogP contribution in [0.3, 0.4) is 0 Å². The number of hydrogen-bond donors (Lipinski definition) is 1. The van der Waals surface area contributed by atoms with Gasteiger partial charge in [-0.3, -0.25) is 4.79 Å². The van der Waals surface area contributed by atoms with Gasteiger partial charge in [0.2, 0.25) is 0 Å². The van der Waals surface area contributed by atoms with E-state index >= 15 is 0 Å². The molecule has 0 fully saturated rings. The molecule has 1 atom stereocenters. The summed E-state index contributed by atoms with van der Waals surface area (Å²) in [6.07, 6.45) is 4.19. The minimum atomic E-state index is -0.539. The molecule has 0 radical (unpaired) electrons.